The fraction of sp³-hybridized carbons (Fsp3) is 0.400. The molecule has 1 aromatic rings. The predicted molar refractivity (Wildman–Crippen MR) is 71.5 cm³/mol. The molecular formula is C10H16ClO3PS. The molecule has 0 aliphatic carbocycles. The molecule has 1 atom stereocenters. The summed E-state index contributed by atoms with van der Waals surface area (Å²) in [7, 11) is -3.26. The van der Waals surface area contributed by atoms with Gasteiger partial charge in [0.1, 0.15) is 5.75 Å². The van der Waals surface area contributed by atoms with Crippen LogP contribution in [-0.2, 0) is 9.84 Å². The Kier molecular flexibility index (Phi) is 6.96. The number of hydrogen-bond donors (Lipinski definition) is 0. The van der Waals surface area contributed by atoms with Crippen LogP contribution in [-0.4, -0.2) is 26.7 Å². The number of ether oxygens (including phenoxy) is 1. The van der Waals surface area contributed by atoms with Crippen molar-refractivity contribution in [3.63, 3.8) is 0 Å². The molecule has 0 heterocycles. The van der Waals surface area contributed by atoms with E-state index in [0.717, 1.165) is 0 Å². The first-order valence-corrected chi connectivity index (χ1v) is 6.80. The maximum absolute atomic E-state index is 11.6. The predicted octanol–water partition coefficient (Wildman–Crippen LogP) is 2.16. The quantitative estimate of drug-likeness (QED) is 0.614. The Morgan fingerprint density at radius 1 is 1.38 bits per heavy atom. The standard InChI is InChI=1S/C10H13ClO3S.H3P/c1-2-14-9-4-3-5-10(8-9)15(12,13)7-6-11;/h3-5,8H,2,6-7H2,1H3;1H3. The second kappa shape index (κ2) is 7.10. The van der Waals surface area contributed by atoms with Crippen LogP contribution in [0.15, 0.2) is 29.2 Å². The van der Waals surface area contributed by atoms with Gasteiger partial charge in [-0.1, -0.05) is 6.07 Å². The normalized spacial score (nSPS) is 10.6. The Labute approximate surface area is 105 Å². The Balaban J connectivity index is 0.00000225. The third kappa shape index (κ3) is 4.28. The van der Waals surface area contributed by atoms with Crippen molar-refractivity contribution in [2.45, 2.75) is 11.8 Å². The van der Waals surface area contributed by atoms with E-state index in [0.29, 0.717) is 12.4 Å². The summed E-state index contributed by atoms with van der Waals surface area (Å²) in [6, 6.07) is 6.45. The Morgan fingerprint density at radius 2 is 2.06 bits per heavy atom. The molecule has 1 unspecified atom stereocenters. The third-order valence-corrected chi connectivity index (χ3v) is 3.95. The summed E-state index contributed by atoms with van der Waals surface area (Å²) in [6.07, 6.45) is 0. The highest BCUT2D eigenvalue weighted by Gasteiger charge is 2.13. The number of halogens is 1. The van der Waals surface area contributed by atoms with Crippen LogP contribution in [0.25, 0.3) is 0 Å². The molecular weight excluding hydrogens is 267 g/mol. The summed E-state index contributed by atoms with van der Waals surface area (Å²) in [6.45, 7) is 2.36. The number of rotatable bonds is 5. The van der Waals surface area contributed by atoms with Gasteiger partial charge in [-0.3, -0.25) is 0 Å². The average molecular weight is 283 g/mol. The first-order chi connectivity index (χ1) is 7.10. The van der Waals surface area contributed by atoms with Gasteiger partial charge in [0.2, 0.25) is 0 Å². The van der Waals surface area contributed by atoms with Gasteiger partial charge in [0.15, 0.2) is 9.84 Å². The van der Waals surface area contributed by atoms with Gasteiger partial charge in [0.05, 0.1) is 17.3 Å². The zero-order chi connectivity index (χ0) is 11.3. The first kappa shape index (κ1) is 15.7. The van der Waals surface area contributed by atoms with Crippen LogP contribution in [0.3, 0.4) is 0 Å². The molecule has 0 aliphatic rings. The molecule has 0 N–H and O–H groups in total. The van der Waals surface area contributed by atoms with Crippen molar-refractivity contribution in [3.05, 3.63) is 24.3 Å². The topological polar surface area (TPSA) is 43.4 Å². The van der Waals surface area contributed by atoms with Crippen LogP contribution in [0.2, 0.25) is 0 Å². The van der Waals surface area contributed by atoms with E-state index in [-0.39, 0.29) is 26.4 Å². The van der Waals surface area contributed by atoms with Gasteiger partial charge in [-0.25, -0.2) is 8.42 Å². The molecule has 0 spiro atoms. The average Bonchev–Trinajstić information content (AvgIpc) is 2.19. The maximum Gasteiger partial charge on any atom is 0.179 e. The monoisotopic (exact) mass is 282 g/mol. The van der Waals surface area contributed by atoms with Crippen molar-refractivity contribution < 1.29 is 13.2 Å². The highest BCUT2D eigenvalue weighted by atomic mass is 35.5. The minimum atomic E-state index is -3.26. The van der Waals surface area contributed by atoms with Gasteiger partial charge < -0.3 is 4.74 Å². The molecule has 0 saturated heterocycles. The molecule has 0 radical (unpaired) electrons. The summed E-state index contributed by atoms with van der Waals surface area (Å²) >= 11 is 5.43. The van der Waals surface area contributed by atoms with E-state index in [1.165, 1.54) is 6.07 Å². The van der Waals surface area contributed by atoms with Crippen molar-refractivity contribution in [2.24, 2.45) is 0 Å². The number of benzene rings is 1. The van der Waals surface area contributed by atoms with Gasteiger partial charge >= 0.3 is 0 Å². The summed E-state index contributed by atoms with van der Waals surface area (Å²) < 4.78 is 28.5. The smallest absolute Gasteiger partial charge is 0.179 e. The minimum absolute atomic E-state index is 0. The Morgan fingerprint density at radius 3 is 2.62 bits per heavy atom. The number of sulfone groups is 1. The maximum atomic E-state index is 11.6. The summed E-state index contributed by atoms with van der Waals surface area (Å²) in [4.78, 5) is 0.258. The highest BCUT2D eigenvalue weighted by molar-refractivity contribution is 7.91. The number of alkyl halides is 1. The van der Waals surface area contributed by atoms with Crippen LogP contribution < -0.4 is 4.74 Å². The van der Waals surface area contributed by atoms with Gasteiger partial charge in [0.25, 0.3) is 0 Å². The number of hydrogen-bond acceptors (Lipinski definition) is 3. The zero-order valence-electron chi connectivity index (χ0n) is 9.15. The second-order valence-electron chi connectivity index (χ2n) is 2.92. The lowest BCUT2D eigenvalue weighted by Crippen LogP contribution is -2.08. The molecule has 3 nitrogen and oxygen atoms in total. The van der Waals surface area contributed by atoms with E-state index in [9.17, 15) is 8.42 Å². The van der Waals surface area contributed by atoms with E-state index in [1.807, 2.05) is 6.92 Å². The van der Waals surface area contributed by atoms with E-state index in [1.54, 1.807) is 18.2 Å². The van der Waals surface area contributed by atoms with Gasteiger partial charge in [-0.05, 0) is 25.1 Å². The molecule has 0 fully saturated rings. The summed E-state index contributed by atoms with van der Waals surface area (Å²) in [5.41, 5.74) is 0. The van der Waals surface area contributed by atoms with Gasteiger partial charge in [0, 0.05) is 5.88 Å². The molecule has 92 valence electrons. The van der Waals surface area contributed by atoms with Crippen LogP contribution in [0.1, 0.15) is 6.92 Å². The molecule has 0 aromatic heterocycles. The highest BCUT2D eigenvalue weighted by Crippen LogP contribution is 2.18. The fourth-order valence-corrected chi connectivity index (χ4v) is 2.77. The summed E-state index contributed by atoms with van der Waals surface area (Å²) in [5, 5.41) is 0. The van der Waals surface area contributed by atoms with Crippen molar-refractivity contribution in [2.75, 3.05) is 18.2 Å². The molecule has 6 heteroatoms. The summed E-state index contributed by atoms with van der Waals surface area (Å²) in [5.74, 6) is 0.610. The van der Waals surface area contributed by atoms with Crippen LogP contribution >= 0.6 is 21.5 Å². The van der Waals surface area contributed by atoms with E-state index in [4.69, 9.17) is 16.3 Å². The van der Waals surface area contributed by atoms with E-state index >= 15 is 0 Å². The van der Waals surface area contributed by atoms with Crippen LogP contribution in [0.5, 0.6) is 5.75 Å². The van der Waals surface area contributed by atoms with Crippen molar-refractivity contribution >= 4 is 31.3 Å². The van der Waals surface area contributed by atoms with Gasteiger partial charge in [-0.15, -0.1) is 11.6 Å². The Bertz CT molecular complexity index is 420. The zero-order valence-corrected chi connectivity index (χ0v) is 12.1. The largest absolute Gasteiger partial charge is 0.494 e. The lowest BCUT2D eigenvalue weighted by atomic mass is 10.3. The lowest BCUT2D eigenvalue weighted by Gasteiger charge is -2.06. The first-order valence-electron chi connectivity index (χ1n) is 4.61. The van der Waals surface area contributed by atoms with Crippen molar-refractivity contribution in [3.8, 4) is 5.75 Å². The molecule has 1 rings (SSSR count). The van der Waals surface area contributed by atoms with E-state index < -0.39 is 9.84 Å². The molecule has 0 bridgehead atoms. The van der Waals surface area contributed by atoms with Crippen molar-refractivity contribution in [1.29, 1.82) is 0 Å². The van der Waals surface area contributed by atoms with Crippen molar-refractivity contribution in [1.82, 2.24) is 0 Å². The molecule has 1 aromatic carbocycles. The lowest BCUT2D eigenvalue weighted by molar-refractivity contribution is 0.339. The Hall–Kier alpha value is -0.310. The fourth-order valence-electron chi connectivity index (χ4n) is 1.14. The van der Waals surface area contributed by atoms with E-state index in [2.05, 4.69) is 0 Å². The molecule has 0 saturated carbocycles. The van der Waals surface area contributed by atoms with Gasteiger partial charge in [-0.2, -0.15) is 9.90 Å². The SMILES string of the molecule is CCOc1cccc(S(=O)(=O)CCCl)c1.P. The minimum Gasteiger partial charge on any atom is -0.494 e. The van der Waals surface area contributed by atoms with Crippen LogP contribution in [0, 0.1) is 0 Å². The molecule has 0 amide bonds. The van der Waals surface area contributed by atoms with Crippen LogP contribution in [0.4, 0.5) is 0 Å². The second-order valence-corrected chi connectivity index (χ2v) is 5.40. The molecule has 16 heavy (non-hydrogen) atoms. The third-order valence-electron chi connectivity index (χ3n) is 1.82. The molecule has 0 aliphatic heterocycles.